The Labute approximate surface area is 190 Å². The minimum Gasteiger partial charge on any atom is -0.496 e. The Hall–Kier alpha value is -2.01. The van der Waals surface area contributed by atoms with Crippen molar-refractivity contribution in [2.45, 2.75) is 26.9 Å². The van der Waals surface area contributed by atoms with E-state index in [1.165, 1.54) is 0 Å². The van der Waals surface area contributed by atoms with E-state index in [4.69, 9.17) is 4.74 Å². The summed E-state index contributed by atoms with van der Waals surface area (Å²) < 4.78 is 31.1. The molecule has 0 unspecified atom stereocenters. The molecule has 29 heavy (non-hydrogen) atoms. The summed E-state index contributed by atoms with van der Waals surface area (Å²) in [5, 5.41) is 6.44. The number of guanidine groups is 1. The molecule has 0 fully saturated rings. The Kier molecular flexibility index (Phi) is 10.2. The van der Waals surface area contributed by atoms with E-state index < -0.39 is 10.0 Å². The summed E-state index contributed by atoms with van der Waals surface area (Å²) in [6, 6.07) is 13.3. The summed E-state index contributed by atoms with van der Waals surface area (Å²) in [6.07, 6.45) is 1.14. The lowest BCUT2D eigenvalue weighted by Gasteiger charge is -2.15. The smallest absolute Gasteiger partial charge is 0.229 e. The Bertz CT molecular complexity index is 933. The van der Waals surface area contributed by atoms with Crippen molar-refractivity contribution in [3.8, 4) is 5.75 Å². The molecule has 160 valence electrons. The number of para-hydroxylation sites is 1. The highest BCUT2D eigenvalue weighted by Crippen LogP contribution is 2.20. The van der Waals surface area contributed by atoms with Gasteiger partial charge in [-0.05, 0) is 37.1 Å². The first-order chi connectivity index (χ1) is 13.3. The number of nitrogens with zero attached hydrogens (tertiary/aromatic N) is 1. The summed E-state index contributed by atoms with van der Waals surface area (Å²) in [5.74, 6) is 1.45. The molecule has 7 nitrogen and oxygen atoms in total. The number of methoxy groups -OCH3 is 1. The number of rotatable bonds is 8. The lowest BCUT2D eigenvalue weighted by atomic mass is 10.1. The largest absolute Gasteiger partial charge is 0.496 e. The molecular weight excluding hydrogens is 503 g/mol. The van der Waals surface area contributed by atoms with Gasteiger partial charge in [-0.3, -0.25) is 4.72 Å². The van der Waals surface area contributed by atoms with Crippen LogP contribution in [0.15, 0.2) is 47.5 Å². The molecule has 3 N–H and O–H groups in total. The second kappa shape index (κ2) is 11.9. The van der Waals surface area contributed by atoms with Crippen molar-refractivity contribution >= 4 is 45.6 Å². The highest BCUT2D eigenvalue weighted by Gasteiger charge is 2.08. The third kappa shape index (κ3) is 8.48. The van der Waals surface area contributed by atoms with Crippen molar-refractivity contribution in [2.24, 2.45) is 4.99 Å². The Morgan fingerprint density at radius 2 is 1.83 bits per heavy atom. The number of aliphatic imine (C=N–C) groups is 1. The molecule has 0 bridgehead atoms. The average Bonchev–Trinajstić information content (AvgIpc) is 2.64. The topological polar surface area (TPSA) is 91.8 Å². The van der Waals surface area contributed by atoms with E-state index >= 15 is 0 Å². The third-order valence-electron chi connectivity index (χ3n) is 3.95. The maximum absolute atomic E-state index is 11.6. The number of anilines is 1. The molecule has 0 amide bonds. The molecule has 0 atom stereocenters. The molecule has 0 heterocycles. The van der Waals surface area contributed by atoms with Crippen LogP contribution in [0, 0.1) is 6.92 Å². The number of nitrogens with one attached hydrogen (secondary N) is 3. The molecule has 2 rings (SSSR count). The van der Waals surface area contributed by atoms with Crippen LogP contribution in [-0.4, -0.2) is 34.3 Å². The standard InChI is InChI=1S/C20H28N4O3S.HI/c1-5-21-20(23-14-17-11-10-15(2)12-19(17)27-3)22-13-16-8-6-7-9-18(16)24-28(4,25)26;/h6-12,24H,5,13-14H2,1-4H3,(H2,21,22,23);1H. The van der Waals surface area contributed by atoms with Gasteiger partial charge in [0.2, 0.25) is 10.0 Å². The van der Waals surface area contributed by atoms with Gasteiger partial charge in [-0.15, -0.1) is 24.0 Å². The van der Waals surface area contributed by atoms with Crippen LogP contribution in [0.25, 0.3) is 0 Å². The number of sulfonamides is 1. The van der Waals surface area contributed by atoms with Crippen molar-refractivity contribution in [1.29, 1.82) is 0 Å². The van der Waals surface area contributed by atoms with Gasteiger partial charge in [0.15, 0.2) is 5.96 Å². The second-order valence-corrected chi connectivity index (χ2v) is 8.14. The molecule has 0 radical (unpaired) electrons. The zero-order valence-electron chi connectivity index (χ0n) is 17.2. The van der Waals surface area contributed by atoms with Gasteiger partial charge in [0.05, 0.1) is 25.6 Å². The number of hydrogen-bond acceptors (Lipinski definition) is 4. The molecule has 0 aromatic heterocycles. The molecule has 0 aliphatic heterocycles. The molecule has 9 heteroatoms. The van der Waals surface area contributed by atoms with Crippen molar-refractivity contribution in [3.63, 3.8) is 0 Å². The molecule has 0 aliphatic rings. The zero-order valence-corrected chi connectivity index (χ0v) is 20.3. The summed E-state index contributed by atoms with van der Waals surface area (Å²) in [7, 11) is -1.69. The molecular formula is C20H29IN4O3S. The molecule has 0 spiro atoms. The van der Waals surface area contributed by atoms with Crippen molar-refractivity contribution in [1.82, 2.24) is 10.6 Å². The lowest BCUT2D eigenvalue weighted by molar-refractivity contribution is 0.409. The van der Waals surface area contributed by atoms with E-state index in [-0.39, 0.29) is 24.0 Å². The molecule has 0 saturated heterocycles. The van der Waals surface area contributed by atoms with Gasteiger partial charge in [-0.2, -0.15) is 0 Å². The van der Waals surface area contributed by atoms with Crippen LogP contribution in [0.2, 0.25) is 0 Å². The molecule has 0 aliphatic carbocycles. The summed E-state index contributed by atoms with van der Waals surface area (Å²) in [4.78, 5) is 4.62. The first-order valence-electron chi connectivity index (χ1n) is 9.03. The van der Waals surface area contributed by atoms with Gasteiger partial charge >= 0.3 is 0 Å². The van der Waals surface area contributed by atoms with Gasteiger partial charge in [0, 0.05) is 18.7 Å². The monoisotopic (exact) mass is 532 g/mol. The van der Waals surface area contributed by atoms with Gasteiger partial charge < -0.3 is 15.4 Å². The maximum Gasteiger partial charge on any atom is 0.229 e. The fourth-order valence-electron chi connectivity index (χ4n) is 2.64. The highest BCUT2D eigenvalue weighted by atomic mass is 127. The second-order valence-electron chi connectivity index (χ2n) is 6.40. The number of aryl methyl sites for hydroxylation is 1. The van der Waals surface area contributed by atoms with E-state index in [1.807, 2.05) is 44.2 Å². The van der Waals surface area contributed by atoms with Crippen molar-refractivity contribution < 1.29 is 13.2 Å². The zero-order chi connectivity index (χ0) is 20.6. The summed E-state index contributed by atoms with van der Waals surface area (Å²) >= 11 is 0. The fourth-order valence-corrected chi connectivity index (χ4v) is 3.24. The number of hydrogen-bond donors (Lipinski definition) is 3. The normalized spacial score (nSPS) is 11.4. The predicted molar refractivity (Wildman–Crippen MR) is 130 cm³/mol. The third-order valence-corrected chi connectivity index (χ3v) is 4.54. The molecule has 2 aromatic carbocycles. The van der Waals surface area contributed by atoms with E-state index in [2.05, 4.69) is 20.3 Å². The van der Waals surface area contributed by atoms with E-state index in [0.717, 1.165) is 28.7 Å². The SMILES string of the molecule is CCNC(=NCc1ccc(C)cc1OC)NCc1ccccc1NS(C)(=O)=O.I. The highest BCUT2D eigenvalue weighted by molar-refractivity contribution is 14.0. The Balaban J connectivity index is 0.00000420. The van der Waals surface area contributed by atoms with Crippen LogP contribution in [0.5, 0.6) is 5.75 Å². The van der Waals surface area contributed by atoms with Crippen molar-refractivity contribution in [2.75, 3.05) is 24.6 Å². The van der Waals surface area contributed by atoms with Gasteiger partial charge in [-0.25, -0.2) is 13.4 Å². The minimum absolute atomic E-state index is 0. The molecule has 0 saturated carbocycles. The van der Waals surface area contributed by atoms with Gasteiger partial charge in [-0.1, -0.05) is 30.3 Å². The van der Waals surface area contributed by atoms with Crippen LogP contribution in [0.3, 0.4) is 0 Å². The quantitative estimate of drug-likeness (QED) is 0.276. The number of ether oxygens (including phenoxy) is 1. The first kappa shape index (κ1) is 25.0. The summed E-state index contributed by atoms with van der Waals surface area (Å²) in [5.41, 5.74) is 3.49. The van der Waals surface area contributed by atoms with E-state index in [1.54, 1.807) is 19.2 Å². The van der Waals surface area contributed by atoms with Crippen LogP contribution in [0.4, 0.5) is 5.69 Å². The number of benzene rings is 2. The van der Waals surface area contributed by atoms with Crippen LogP contribution in [0.1, 0.15) is 23.6 Å². The van der Waals surface area contributed by atoms with Crippen LogP contribution < -0.4 is 20.1 Å². The fraction of sp³-hybridized carbons (Fsp3) is 0.350. The van der Waals surface area contributed by atoms with Crippen LogP contribution >= 0.6 is 24.0 Å². The molecule has 2 aromatic rings. The predicted octanol–water partition coefficient (Wildman–Crippen LogP) is 3.25. The first-order valence-corrected chi connectivity index (χ1v) is 10.9. The Morgan fingerprint density at radius 1 is 1.10 bits per heavy atom. The summed E-state index contributed by atoms with van der Waals surface area (Å²) in [6.45, 7) is 5.60. The van der Waals surface area contributed by atoms with E-state index in [9.17, 15) is 8.42 Å². The lowest BCUT2D eigenvalue weighted by Crippen LogP contribution is -2.37. The van der Waals surface area contributed by atoms with Gasteiger partial charge in [0.25, 0.3) is 0 Å². The van der Waals surface area contributed by atoms with E-state index in [0.29, 0.717) is 31.3 Å². The number of halogens is 1. The maximum atomic E-state index is 11.6. The van der Waals surface area contributed by atoms with Crippen molar-refractivity contribution in [3.05, 3.63) is 59.2 Å². The van der Waals surface area contributed by atoms with Gasteiger partial charge in [0.1, 0.15) is 5.75 Å². The Morgan fingerprint density at radius 3 is 2.48 bits per heavy atom. The average molecular weight is 532 g/mol. The van der Waals surface area contributed by atoms with Crippen LogP contribution in [-0.2, 0) is 23.1 Å². The minimum atomic E-state index is -3.34.